The maximum atomic E-state index is 12.5. The summed E-state index contributed by atoms with van der Waals surface area (Å²) >= 11 is 0. The summed E-state index contributed by atoms with van der Waals surface area (Å²) in [7, 11) is 5.36. The highest BCUT2D eigenvalue weighted by Crippen LogP contribution is 2.11. The predicted octanol–water partition coefficient (Wildman–Crippen LogP) is 7.35. The third-order valence-corrected chi connectivity index (χ3v) is 7.43. The topological polar surface area (TPSA) is 102 Å². The van der Waals surface area contributed by atoms with E-state index in [0.717, 1.165) is 51.4 Å². The summed E-state index contributed by atoms with van der Waals surface area (Å²) in [6.45, 7) is 4.38. The van der Waals surface area contributed by atoms with E-state index in [0.29, 0.717) is 12.8 Å². The first-order valence-corrected chi connectivity index (χ1v) is 17.8. The average molecular weight is 660 g/mol. The molecule has 0 radical (unpaired) electrons. The molecule has 0 saturated carbocycles. The summed E-state index contributed by atoms with van der Waals surface area (Å²) in [6, 6.07) is -0.734. The van der Waals surface area contributed by atoms with Gasteiger partial charge in [0.1, 0.15) is 12.6 Å². The number of carbonyl (C=O) groups is 3. The first-order chi connectivity index (χ1) is 22.6. The highest BCUT2D eigenvalue weighted by molar-refractivity contribution is 5.70. The summed E-state index contributed by atoms with van der Waals surface area (Å²) < 4.78 is 16.9. The summed E-state index contributed by atoms with van der Waals surface area (Å²) in [4.78, 5) is 36.4. The zero-order valence-corrected chi connectivity index (χ0v) is 30.2. The highest BCUT2D eigenvalue weighted by Gasteiger charge is 2.25. The van der Waals surface area contributed by atoms with Crippen LogP contribution in [0.1, 0.15) is 117 Å². The van der Waals surface area contributed by atoms with E-state index >= 15 is 0 Å². The van der Waals surface area contributed by atoms with Crippen molar-refractivity contribution in [1.29, 1.82) is 0 Å². The molecule has 0 aromatic carbocycles. The largest absolute Gasteiger partial charge is 0.544 e. The number of esters is 2. The fourth-order valence-corrected chi connectivity index (χ4v) is 4.65. The molecule has 268 valence electrons. The standard InChI is InChI=1S/C39H65NO7/c1-6-8-10-12-14-15-16-17-18-19-20-21-22-24-25-27-29-37(41)46-34-35(33-45-32-31-36(39(43)44)40(3,4)5)47-38(42)30-28-26-23-13-11-9-7-2/h8,10,14-15,17-18,20-21,24-25,35-36H,6-7,9,11-13,16,19,22-23,26-34H2,1-5H3/b10-8+,15-14+,18-17+,21-20+,25-24+. The van der Waals surface area contributed by atoms with Gasteiger partial charge in [0, 0.05) is 19.3 Å². The summed E-state index contributed by atoms with van der Waals surface area (Å²) in [5, 5.41) is 11.5. The number of nitrogens with zero attached hydrogens (tertiary/aromatic N) is 1. The molecule has 0 aliphatic rings. The molecule has 0 saturated heterocycles. The number of quaternary nitrogens is 1. The van der Waals surface area contributed by atoms with Crippen molar-refractivity contribution in [2.75, 3.05) is 41.0 Å². The fraction of sp³-hybridized carbons (Fsp3) is 0.667. The molecule has 0 aliphatic heterocycles. The molecule has 0 amide bonds. The first kappa shape index (κ1) is 44.0. The van der Waals surface area contributed by atoms with Crippen molar-refractivity contribution in [3.63, 3.8) is 0 Å². The van der Waals surface area contributed by atoms with Gasteiger partial charge >= 0.3 is 11.9 Å². The second-order valence-electron chi connectivity index (χ2n) is 12.7. The van der Waals surface area contributed by atoms with E-state index in [1.807, 2.05) is 12.2 Å². The van der Waals surface area contributed by atoms with Crippen LogP contribution in [-0.2, 0) is 28.6 Å². The lowest BCUT2D eigenvalue weighted by molar-refractivity contribution is -0.889. The second kappa shape index (κ2) is 30.4. The molecule has 8 nitrogen and oxygen atoms in total. The van der Waals surface area contributed by atoms with E-state index < -0.39 is 18.1 Å². The van der Waals surface area contributed by atoms with Crippen molar-refractivity contribution in [3.8, 4) is 0 Å². The Hall–Kier alpha value is -2.97. The maximum absolute atomic E-state index is 12.5. The van der Waals surface area contributed by atoms with Crippen LogP contribution >= 0.6 is 0 Å². The Morgan fingerprint density at radius 1 is 0.660 bits per heavy atom. The average Bonchev–Trinajstić information content (AvgIpc) is 3.01. The van der Waals surface area contributed by atoms with E-state index in [9.17, 15) is 19.5 Å². The Bertz CT molecular complexity index is 959. The lowest BCUT2D eigenvalue weighted by Gasteiger charge is -2.34. The Morgan fingerprint density at radius 2 is 1.19 bits per heavy atom. The SMILES string of the molecule is CC/C=C/C/C=C/C/C=C/C/C=C/C/C=C/CCC(=O)OCC(COCCC(C(=O)[O-])[N+](C)(C)C)OC(=O)CCCCCCCCC. The van der Waals surface area contributed by atoms with Gasteiger partial charge in [-0.2, -0.15) is 0 Å². The number of likely N-dealkylation sites (N-methyl/N-ethyl adjacent to an activating group) is 1. The number of rotatable bonds is 30. The monoisotopic (exact) mass is 659 g/mol. The molecule has 0 aliphatic carbocycles. The molecule has 2 unspecified atom stereocenters. The van der Waals surface area contributed by atoms with Gasteiger partial charge in [-0.3, -0.25) is 9.59 Å². The minimum absolute atomic E-state index is 0.0156. The zero-order chi connectivity index (χ0) is 35.0. The number of hydrogen-bond donors (Lipinski definition) is 0. The minimum atomic E-state index is -1.14. The fourth-order valence-electron chi connectivity index (χ4n) is 4.65. The second-order valence-corrected chi connectivity index (χ2v) is 12.7. The number of carboxylic acids is 1. The molecule has 8 heteroatoms. The van der Waals surface area contributed by atoms with Crippen LogP contribution in [0.4, 0.5) is 0 Å². The van der Waals surface area contributed by atoms with Gasteiger partial charge in [-0.25, -0.2) is 0 Å². The normalized spacial score (nSPS) is 13.8. The van der Waals surface area contributed by atoms with Crippen LogP contribution in [0.5, 0.6) is 0 Å². The van der Waals surface area contributed by atoms with Crippen LogP contribution in [-0.4, -0.2) is 75.5 Å². The van der Waals surface area contributed by atoms with Gasteiger partial charge in [-0.15, -0.1) is 0 Å². The van der Waals surface area contributed by atoms with E-state index in [1.165, 1.54) is 25.7 Å². The number of ether oxygens (including phenoxy) is 3. The number of aliphatic carboxylic acids is 1. The Balaban J connectivity index is 4.52. The molecule has 0 N–H and O–H groups in total. The molecule has 47 heavy (non-hydrogen) atoms. The van der Waals surface area contributed by atoms with Crippen molar-refractivity contribution in [1.82, 2.24) is 0 Å². The lowest BCUT2D eigenvalue weighted by Crippen LogP contribution is -2.55. The van der Waals surface area contributed by atoms with Crippen LogP contribution in [0.25, 0.3) is 0 Å². The Kier molecular flexibility index (Phi) is 28.4. The first-order valence-electron chi connectivity index (χ1n) is 17.8. The van der Waals surface area contributed by atoms with E-state index in [4.69, 9.17) is 14.2 Å². The Labute approximate surface area is 286 Å². The highest BCUT2D eigenvalue weighted by atomic mass is 16.6. The van der Waals surface area contributed by atoms with Gasteiger partial charge in [0.05, 0.1) is 40.3 Å². The summed E-state index contributed by atoms with van der Waals surface area (Å²) in [5.74, 6) is -1.86. The molecule has 0 aromatic heterocycles. The van der Waals surface area contributed by atoms with Crippen LogP contribution in [0.2, 0.25) is 0 Å². The molecule has 2 atom stereocenters. The van der Waals surface area contributed by atoms with Gasteiger partial charge in [0.25, 0.3) is 0 Å². The van der Waals surface area contributed by atoms with Crippen LogP contribution in [0.15, 0.2) is 60.8 Å². The van der Waals surface area contributed by atoms with Gasteiger partial charge in [-0.1, -0.05) is 113 Å². The molecular weight excluding hydrogens is 594 g/mol. The number of allylic oxidation sites excluding steroid dienone is 10. The van der Waals surface area contributed by atoms with Crippen molar-refractivity contribution in [2.24, 2.45) is 0 Å². The maximum Gasteiger partial charge on any atom is 0.306 e. The van der Waals surface area contributed by atoms with Gasteiger partial charge in [-0.05, 0) is 44.9 Å². The van der Waals surface area contributed by atoms with E-state index in [2.05, 4.69) is 62.5 Å². The van der Waals surface area contributed by atoms with Gasteiger partial charge in [0.15, 0.2) is 6.10 Å². The lowest BCUT2D eigenvalue weighted by atomic mass is 10.1. The van der Waals surface area contributed by atoms with Crippen molar-refractivity contribution in [3.05, 3.63) is 60.8 Å². The molecule has 0 heterocycles. The molecular formula is C39H65NO7. The number of hydrogen-bond acceptors (Lipinski definition) is 7. The smallest absolute Gasteiger partial charge is 0.306 e. The Morgan fingerprint density at radius 3 is 1.72 bits per heavy atom. The van der Waals surface area contributed by atoms with Gasteiger partial charge in [0.2, 0.25) is 0 Å². The van der Waals surface area contributed by atoms with Gasteiger partial charge < -0.3 is 28.6 Å². The number of carboxylic acid groups (broad SMARTS) is 1. The van der Waals surface area contributed by atoms with E-state index in [-0.39, 0.29) is 49.1 Å². The molecule has 0 bridgehead atoms. The van der Waals surface area contributed by atoms with Crippen molar-refractivity contribution in [2.45, 2.75) is 129 Å². The van der Waals surface area contributed by atoms with Crippen LogP contribution in [0.3, 0.4) is 0 Å². The number of unbranched alkanes of at least 4 members (excludes halogenated alkanes) is 6. The van der Waals surface area contributed by atoms with E-state index in [1.54, 1.807) is 21.1 Å². The van der Waals surface area contributed by atoms with Crippen LogP contribution in [0, 0.1) is 0 Å². The minimum Gasteiger partial charge on any atom is -0.544 e. The zero-order valence-electron chi connectivity index (χ0n) is 30.2. The predicted molar refractivity (Wildman–Crippen MR) is 189 cm³/mol. The molecule has 0 spiro atoms. The van der Waals surface area contributed by atoms with Crippen LogP contribution < -0.4 is 5.11 Å². The van der Waals surface area contributed by atoms with Crippen molar-refractivity contribution < 1.29 is 38.2 Å². The molecule has 0 aromatic rings. The quantitative estimate of drug-likeness (QED) is 0.0344. The summed E-state index contributed by atoms with van der Waals surface area (Å²) in [6.07, 6.45) is 34.2. The summed E-state index contributed by atoms with van der Waals surface area (Å²) in [5.41, 5.74) is 0. The molecule has 0 rings (SSSR count). The van der Waals surface area contributed by atoms with Crippen molar-refractivity contribution >= 4 is 17.9 Å². The molecule has 0 fully saturated rings. The third-order valence-electron chi connectivity index (χ3n) is 7.43. The number of carbonyl (C=O) groups excluding carboxylic acids is 3. The third kappa shape index (κ3) is 28.9.